The number of hydrogen-bond donors (Lipinski definition) is 1. The van der Waals surface area contributed by atoms with Gasteiger partial charge in [0.15, 0.2) is 0 Å². The molecule has 0 aromatic rings. The third-order valence-corrected chi connectivity index (χ3v) is 3.22. The topological polar surface area (TPSA) is 49.0 Å². The minimum atomic E-state index is 0.193. The predicted octanol–water partition coefficient (Wildman–Crippen LogP) is 1.21. The van der Waals surface area contributed by atoms with Crippen molar-refractivity contribution >= 4 is 0 Å². The molecule has 1 aliphatic carbocycles. The first-order valence-electron chi connectivity index (χ1n) is 7.36. The minimum absolute atomic E-state index is 0.193. The molecule has 1 N–H and O–H groups in total. The van der Waals surface area contributed by atoms with E-state index in [1.54, 1.807) is 7.11 Å². The van der Waals surface area contributed by atoms with E-state index in [1.165, 1.54) is 0 Å². The van der Waals surface area contributed by atoms with E-state index in [4.69, 9.17) is 18.9 Å². The maximum absolute atomic E-state index is 5.85. The molecule has 0 bridgehead atoms. The average molecular weight is 275 g/mol. The number of likely N-dealkylation sites (N-methyl/N-ethyl adjacent to an activating group) is 1. The molecule has 0 spiro atoms. The van der Waals surface area contributed by atoms with Crippen LogP contribution in [0.5, 0.6) is 0 Å². The first-order chi connectivity index (χ1) is 9.33. The fourth-order valence-corrected chi connectivity index (χ4v) is 2.19. The van der Waals surface area contributed by atoms with E-state index in [-0.39, 0.29) is 12.2 Å². The van der Waals surface area contributed by atoms with Crippen molar-refractivity contribution in [2.45, 2.75) is 44.9 Å². The highest BCUT2D eigenvalue weighted by Gasteiger charge is 2.42. The van der Waals surface area contributed by atoms with Gasteiger partial charge in [-0.15, -0.1) is 0 Å². The van der Waals surface area contributed by atoms with Crippen molar-refractivity contribution in [2.75, 3.05) is 46.7 Å². The summed E-state index contributed by atoms with van der Waals surface area (Å²) in [5.74, 6) is 0. The van der Waals surface area contributed by atoms with Gasteiger partial charge in [0.05, 0.1) is 38.6 Å². The van der Waals surface area contributed by atoms with Gasteiger partial charge in [-0.25, -0.2) is 0 Å². The Kier molecular flexibility index (Phi) is 9.38. The van der Waals surface area contributed by atoms with Crippen molar-refractivity contribution in [2.24, 2.45) is 0 Å². The molecule has 0 saturated heterocycles. The summed E-state index contributed by atoms with van der Waals surface area (Å²) in [5.41, 5.74) is 0. The van der Waals surface area contributed by atoms with Crippen molar-refractivity contribution in [1.29, 1.82) is 0 Å². The Labute approximate surface area is 116 Å². The SMILES string of the molecule is CCCOC1C(NCC)CC1OCCOCCOC. The zero-order valence-corrected chi connectivity index (χ0v) is 12.5. The van der Waals surface area contributed by atoms with Gasteiger partial charge in [-0.2, -0.15) is 0 Å². The lowest BCUT2D eigenvalue weighted by atomic mass is 9.85. The van der Waals surface area contributed by atoms with Crippen molar-refractivity contribution in [3.05, 3.63) is 0 Å². The Bertz CT molecular complexity index is 216. The van der Waals surface area contributed by atoms with E-state index >= 15 is 0 Å². The van der Waals surface area contributed by atoms with E-state index in [0.717, 1.165) is 26.0 Å². The number of methoxy groups -OCH3 is 1. The monoisotopic (exact) mass is 275 g/mol. The molecule has 0 aromatic heterocycles. The van der Waals surface area contributed by atoms with E-state index in [0.29, 0.717) is 32.5 Å². The molecule has 0 aliphatic heterocycles. The van der Waals surface area contributed by atoms with Gasteiger partial charge >= 0.3 is 0 Å². The van der Waals surface area contributed by atoms with Gasteiger partial charge in [0, 0.05) is 19.8 Å². The molecule has 0 radical (unpaired) electrons. The van der Waals surface area contributed by atoms with Gasteiger partial charge in [-0.1, -0.05) is 13.8 Å². The first kappa shape index (κ1) is 16.9. The molecule has 3 unspecified atom stereocenters. The standard InChI is InChI=1S/C14H29NO4/c1-4-6-19-14-12(15-5-2)11-13(14)18-10-9-17-8-7-16-3/h12-15H,4-11H2,1-3H3. The number of nitrogens with one attached hydrogen (secondary N) is 1. The second-order valence-corrected chi connectivity index (χ2v) is 4.75. The molecule has 1 fully saturated rings. The van der Waals surface area contributed by atoms with Gasteiger partial charge in [-0.3, -0.25) is 0 Å². The molecule has 5 nitrogen and oxygen atoms in total. The normalized spacial score (nSPS) is 26.4. The lowest BCUT2D eigenvalue weighted by Crippen LogP contribution is -2.60. The molecule has 1 saturated carbocycles. The maximum atomic E-state index is 5.85. The zero-order valence-electron chi connectivity index (χ0n) is 12.5. The van der Waals surface area contributed by atoms with Gasteiger partial charge in [-0.05, 0) is 19.4 Å². The summed E-state index contributed by atoms with van der Waals surface area (Å²) in [6, 6.07) is 0.441. The van der Waals surface area contributed by atoms with Crippen molar-refractivity contribution in [3.8, 4) is 0 Å². The third kappa shape index (κ3) is 6.19. The van der Waals surface area contributed by atoms with Crippen LogP contribution in [0, 0.1) is 0 Å². The van der Waals surface area contributed by atoms with E-state index in [9.17, 15) is 0 Å². The van der Waals surface area contributed by atoms with Crippen LogP contribution in [-0.2, 0) is 18.9 Å². The van der Waals surface area contributed by atoms with Crippen LogP contribution in [-0.4, -0.2) is 64.9 Å². The van der Waals surface area contributed by atoms with Crippen molar-refractivity contribution in [1.82, 2.24) is 5.32 Å². The fraction of sp³-hybridized carbons (Fsp3) is 1.00. The highest BCUT2D eigenvalue weighted by Crippen LogP contribution is 2.27. The number of ether oxygens (including phenoxy) is 4. The van der Waals surface area contributed by atoms with Crippen LogP contribution in [0.2, 0.25) is 0 Å². The van der Waals surface area contributed by atoms with Crippen LogP contribution < -0.4 is 5.32 Å². The molecule has 0 heterocycles. The van der Waals surface area contributed by atoms with Crippen LogP contribution in [0.3, 0.4) is 0 Å². The average Bonchev–Trinajstić information content (AvgIpc) is 2.40. The van der Waals surface area contributed by atoms with Gasteiger partial charge in [0.1, 0.15) is 0 Å². The quantitative estimate of drug-likeness (QED) is 0.543. The summed E-state index contributed by atoms with van der Waals surface area (Å²) >= 11 is 0. The Balaban J connectivity index is 2.10. The summed E-state index contributed by atoms with van der Waals surface area (Å²) in [7, 11) is 1.67. The van der Waals surface area contributed by atoms with Crippen molar-refractivity contribution in [3.63, 3.8) is 0 Å². The van der Waals surface area contributed by atoms with E-state index < -0.39 is 0 Å². The van der Waals surface area contributed by atoms with Crippen LogP contribution in [0.15, 0.2) is 0 Å². The van der Waals surface area contributed by atoms with Crippen LogP contribution in [0.4, 0.5) is 0 Å². The van der Waals surface area contributed by atoms with Crippen LogP contribution in [0.25, 0.3) is 0 Å². The Morgan fingerprint density at radius 3 is 2.47 bits per heavy atom. The summed E-state index contributed by atoms with van der Waals surface area (Å²) in [6.07, 6.45) is 2.48. The molecule has 0 aromatic carbocycles. The fourth-order valence-electron chi connectivity index (χ4n) is 2.19. The molecule has 114 valence electrons. The third-order valence-electron chi connectivity index (χ3n) is 3.22. The Hall–Kier alpha value is -0.200. The maximum Gasteiger partial charge on any atom is 0.0990 e. The number of hydrogen-bond acceptors (Lipinski definition) is 5. The summed E-state index contributed by atoms with van der Waals surface area (Å²) in [6.45, 7) is 8.52. The first-order valence-corrected chi connectivity index (χ1v) is 7.36. The molecule has 5 heteroatoms. The Morgan fingerprint density at radius 2 is 1.79 bits per heavy atom. The van der Waals surface area contributed by atoms with Gasteiger partial charge in [0.25, 0.3) is 0 Å². The van der Waals surface area contributed by atoms with Gasteiger partial charge < -0.3 is 24.3 Å². The Morgan fingerprint density at radius 1 is 1.00 bits per heavy atom. The largest absolute Gasteiger partial charge is 0.382 e. The highest BCUT2D eigenvalue weighted by atomic mass is 16.6. The lowest BCUT2D eigenvalue weighted by Gasteiger charge is -2.44. The highest BCUT2D eigenvalue weighted by molar-refractivity contribution is 4.97. The lowest BCUT2D eigenvalue weighted by molar-refractivity contribution is -0.153. The second-order valence-electron chi connectivity index (χ2n) is 4.75. The minimum Gasteiger partial charge on any atom is -0.382 e. The molecule has 1 rings (SSSR count). The molecule has 0 amide bonds. The molecular weight excluding hydrogens is 246 g/mol. The predicted molar refractivity (Wildman–Crippen MR) is 74.5 cm³/mol. The second kappa shape index (κ2) is 10.6. The van der Waals surface area contributed by atoms with E-state index in [2.05, 4.69) is 19.2 Å². The summed E-state index contributed by atoms with van der Waals surface area (Å²) < 4.78 is 22.0. The van der Waals surface area contributed by atoms with Gasteiger partial charge in [0.2, 0.25) is 0 Å². The number of rotatable bonds is 12. The molecule has 3 atom stereocenters. The van der Waals surface area contributed by atoms with E-state index in [1.807, 2.05) is 0 Å². The molecule has 19 heavy (non-hydrogen) atoms. The summed E-state index contributed by atoms with van der Waals surface area (Å²) in [4.78, 5) is 0. The zero-order chi connectivity index (χ0) is 13.9. The summed E-state index contributed by atoms with van der Waals surface area (Å²) in [5, 5.41) is 3.44. The molecular formula is C14H29NO4. The molecule has 1 aliphatic rings. The van der Waals surface area contributed by atoms with Crippen LogP contribution >= 0.6 is 0 Å². The van der Waals surface area contributed by atoms with Crippen LogP contribution in [0.1, 0.15) is 26.7 Å². The smallest absolute Gasteiger partial charge is 0.0990 e. The van der Waals surface area contributed by atoms with Crippen molar-refractivity contribution < 1.29 is 18.9 Å².